The highest BCUT2D eigenvalue weighted by atomic mass is 19.1. The highest BCUT2D eigenvalue weighted by Gasteiger charge is 2.48. The normalized spacial score (nSPS) is 17.0. The van der Waals surface area contributed by atoms with Gasteiger partial charge >= 0.3 is 5.91 Å². The first kappa shape index (κ1) is 25.0. The second-order valence-corrected chi connectivity index (χ2v) is 8.44. The first-order valence-electron chi connectivity index (χ1n) is 11.7. The number of nitrogens with zero attached hydrogens (tertiary/aromatic N) is 2. The first-order valence-corrected chi connectivity index (χ1v) is 11.7. The van der Waals surface area contributed by atoms with Gasteiger partial charge in [0.05, 0.1) is 25.3 Å². The molecular formula is C27H27FN2O6. The van der Waals surface area contributed by atoms with Crippen molar-refractivity contribution < 1.29 is 33.1 Å². The van der Waals surface area contributed by atoms with E-state index in [2.05, 4.69) is 12.1 Å². The largest absolute Gasteiger partial charge is 0.507 e. The van der Waals surface area contributed by atoms with Crippen LogP contribution in [0.2, 0.25) is 0 Å². The molecule has 1 N–H and O–H groups in total. The number of ketones is 1. The number of aryl methyl sites for hydroxylation is 1. The van der Waals surface area contributed by atoms with Gasteiger partial charge in [-0.15, -0.1) is 0 Å². The molecule has 2 heterocycles. The van der Waals surface area contributed by atoms with Crippen LogP contribution in [0.25, 0.3) is 5.76 Å². The van der Waals surface area contributed by atoms with Gasteiger partial charge in [0, 0.05) is 11.6 Å². The van der Waals surface area contributed by atoms with E-state index in [9.17, 15) is 19.1 Å². The predicted molar refractivity (Wildman–Crippen MR) is 130 cm³/mol. The highest BCUT2D eigenvalue weighted by molar-refractivity contribution is 6.51. The van der Waals surface area contributed by atoms with Crippen molar-refractivity contribution in [2.75, 3.05) is 18.6 Å². The molecule has 1 aliphatic rings. The second-order valence-electron chi connectivity index (χ2n) is 8.44. The number of ether oxygens (including phenoxy) is 2. The Hall–Kier alpha value is -4.14. The Morgan fingerprint density at radius 3 is 2.50 bits per heavy atom. The lowest BCUT2D eigenvalue weighted by Gasteiger charge is -2.23. The Morgan fingerprint density at radius 2 is 1.86 bits per heavy atom. The van der Waals surface area contributed by atoms with Gasteiger partial charge in [-0.25, -0.2) is 4.39 Å². The molecule has 188 valence electrons. The zero-order valence-electron chi connectivity index (χ0n) is 20.3. The van der Waals surface area contributed by atoms with Gasteiger partial charge in [0.25, 0.3) is 5.78 Å². The van der Waals surface area contributed by atoms with Crippen LogP contribution in [0.4, 0.5) is 10.2 Å². The van der Waals surface area contributed by atoms with E-state index in [-0.39, 0.29) is 17.0 Å². The molecule has 4 rings (SSSR count). The molecule has 0 aliphatic carbocycles. The van der Waals surface area contributed by atoms with Crippen LogP contribution < -0.4 is 14.4 Å². The van der Waals surface area contributed by atoms with Crippen molar-refractivity contribution in [1.29, 1.82) is 0 Å². The van der Waals surface area contributed by atoms with Crippen LogP contribution in [-0.4, -0.2) is 35.7 Å². The summed E-state index contributed by atoms with van der Waals surface area (Å²) in [6, 6.07) is 10.5. The Labute approximate surface area is 207 Å². The van der Waals surface area contributed by atoms with Crippen molar-refractivity contribution in [3.8, 4) is 11.5 Å². The lowest BCUT2D eigenvalue weighted by atomic mass is 9.95. The number of aromatic nitrogens is 1. The number of anilines is 1. The fraction of sp³-hybridized carbons (Fsp3) is 0.296. The number of carbonyl (C=O) groups excluding carboxylic acids is 2. The number of hydrogen-bond acceptors (Lipinski definition) is 7. The Kier molecular flexibility index (Phi) is 7.38. The van der Waals surface area contributed by atoms with Gasteiger partial charge in [0.2, 0.25) is 0 Å². The molecule has 1 saturated heterocycles. The summed E-state index contributed by atoms with van der Waals surface area (Å²) in [5.41, 5.74) is 0.515. The van der Waals surface area contributed by atoms with Gasteiger partial charge < -0.3 is 19.1 Å². The van der Waals surface area contributed by atoms with Gasteiger partial charge in [-0.2, -0.15) is 0 Å². The van der Waals surface area contributed by atoms with Crippen LogP contribution in [0, 0.1) is 12.7 Å². The molecule has 0 saturated carbocycles. The molecule has 8 nitrogen and oxygen atoms in total. The van der Waals surface area contributed by atoms with E-state index in [1.54, 1.807) is 25.1 Å². The number of methoxy groups -OCH3 is 1. The third kappa shape index (κ3) is 4.82. The van der Waals surface area contributed by atoms with Crippen LogP contribution in [-0.2, 0) is 9.59 Å². The van der Waals surface area contributed by atoms with Crippen LogP contribution in [0.1, 0.15) is 49.1 Å². The Bertz CT molecular complexity index is 1300. The molecule has 1 unspecified atom stereocenters. The summed E-state index contributed by atoms with van der Waals surface area (Å²) in [6.45, 7) is 4.28. The summed E-state index contributed by atoms with van der Waals surface area (Å²) in [7, 11) is 1.49. The van der Waals surface area contributed by atoms with Crippen molar-refractivity contribution in [2.24, 2.45) is 0 Å². The number of carbonyl (C=O) groups is 2. The van der Waals surface area contributed by atoms with Crippen molar-refractivity contribution >= 4 is 23.3 Å². The minimum Gasteiger partial charge on any atom is -0.507 e. The number of halogens is 1. The first-order chi connectivity index (χ1) is 17.3. The predicted octanol–water partition coefficient (Wildman–Crippen LogP) is 5.33. The standard InChI is InChI=1S/C27H27FN2O6/c1-4-5-6-13-35-20-12-9-18(15-21(20)34-3)24-23(25(31)17-7-10-19(28)11-8-17)26(32)27(33)30(24)22-14-16(2)36-29-22/h7-12,14-15,24,31H,4-6,13H2,1-3H3/b25-23+. The van der Waals surface area contributed by atoms with Crippen molar-refractivity contribution in [1.82, 2.24) is 5.16 Å². The van der Waals surface area contributed by atoms with Crippen LogP contribution >= 0.6 is 0 Å². The lowest BCUT2D eigenvalue weighted by Crippen LogP contribution is -2.29. The number of benzene rings is 2. The zero-order chi connectivity index (χ0) is 25.8. The molecule has 3 aromatic rings. The maximum absolute atomic E-state index is 13.5. The zero-order valence-corrected chi connectivity index (χ0v) is 20.3. The van der Waals surface area contributed by atoms with E-state index in [4.69, 9.17) is 14.0 Å². The number of Topliss-reactive ketones (excluding diaryl/α,β-unsaturated/α-hetero) is 1. The summed E-state index contributed by atoms with van der Waals surface area (Å²) in [6.07, 6.45) is 2.99. The molecule has 1 atom stereocenters. The quantitative estimate of drug-likeness (QED) is 0.186. The molecule has 0 bridgehead atoms. The molecule has 9 heteroatoms. The average molecular weight is 495 g/mol. The number of aliphatic hydroxyl groups excluding tert-OH is 1. The van der Waals surface area contributed by atoms with Gasteiger partial charge in [-0.3, -0.25) is 14.5 Å². The smallest absolute Gasteiger partial charge is 0.301 e. The molecule has 1 fully saturated rings. The van der Waals surface area contributed by atoms with Gasteiger partial charge in [-0.05, 0) is 55.3 Å². The van der Waals surface area contributed by atoms with Crippen LogP contribution in [0.15, 0.2) is 58.6 Å². The minimum atomic E-state index is -1.04. The van der Waals surface area contributed by atoms with E-state index >= 15 is 0 Å². The maximum Gasteiger partial charge on any atom is 0.301 e. The minimum absolute atomic E-state index is 0.122. The van der Waals surface area contributed by atoms with Crippen molar-refractivity contribution in [3.63, 3.8) is 0 Å². The molecule has 1 amide bonds. The van der Waals surface area contributed by atoms with Crippen LogP contribution in [0.5, 0.6) is 11.5 Å². The summed E-state index contributed by atoms with van der Waals surface area (Å²) in [4.78, 5) is 27.5. The number of unbranched alkanes of at least 4 members (excludes halogenated alkanes) is 2. The third-order valence-corrected chi connectivity index (χ3v) is 5.93. The van der Waals surface area contributed by atoms with E-state index < -0.39 is 29.3 Å². The number of aliphatic hydroxyl groups is 1. The fourth-order valence-corrected chi connectivity index (χ4v) is 4.12. The summed E-state index contributed by atoms with van der Waals surface area (Å²) in [5, 5.41) is 15.0. The Morgan fingerprint density at radius 1 is 1.11 bits per heavy atom. The van der Waals surface area contributed by atoms with E-state index in [1.165, 1.54) is 30.2 Å². The van der Waals surface area contributed by atoms with Crippen molar-refractivity contribution in [3.05, 3.63) is 76.8 Å². The SMILES string of the molecule is CCCCCOc1ccc(C2/C(=C(\O)c3ccc(F)cc3)C(=O)C(=O)N2c2cc(C)on2)cc1OC. The molecule has 0 radical (unpaired) electrons. The monoisotopic (exact) mass is 494 g/mol. The second kappa shape index (κ2) is 10.6. The van der Waals surface area contributed by atoms with Gasteiger partial charge in [0.15, 0.2) is 17.3 Å². The number of rotatable bonds is 9. The van der Waals surface area contributed by atoms with Crippen molar-refractivity contribution in [2.45, 2.75) is 39.2 Å². The molecular weight excluding hydrogens is 467 g/mol. The summed E-state index contributed by atoms with van der Waals surface area (Å²) in [5.74, 6) is -1.22. The highest BCUT2D eigenvalue weighted by Crippen LogP contribution is 2.44. The molecule has 0 spiro atoms. The fourth-order valence-electron chi connectivity index (χ4n) is 4.12. The molecule has 2 aromatic carbocycles. The maximum atomic E-state index is 13.5. The molecule has 36 heavy (non-hydrogen) atoms. The molecule has 1 aromatic heterocycles. The van der Waals surface area contributed by atoms with E-state index in [0.717, 1.165) is 31.4 Å². The summed E-state index contributed by atoms with van der Waals surface area (Å²) >= 11 is 0. The topological polar surface area (TPSA) is 102 Å². The van der Waals surface area contributed by atoms with E-state index in [0.29, 0.717) is 29.4 Å². The average Bonchev–Trinajstić information content (AvgIpc) is 3.42. The molecule has 1 aliphatic heterocycles. The van der Waals surface area contributed by atoms with Crippen LogP contribution in [0.3, 0.4) is 0 Å². The Balaban J connectivity index is 1.83. The lowest BCUT2D eigenvalue weighted by molar-refractivity contribution is -0.132. The summed E-state index contributed by atoms with van der Waals surface area (Å²) < 4.78 is 30.0. The van der Waals surface area contributed by atoms with Gasteiger partial charge in [-0.1, -0.05) is 31.0 Å². The number of hydrogen-bond donors (Lipinski definition) is 1. The van der Waals surface area contributed by atoms with Gasteiger partial charge in [0.1, 0.15) is 17.3 Å². The number of amides is 1. The van der Waals surface area contributed by atoms with E-state index in [1.807, 2.05) is 0 Å². The third-order valence-electron chi connectivity index (χ3n) is 5.93.